The number of hydrogen-bond acceptors (Lipinski definition) is 4. The van der Waals surface area contributed by atoms with Gasteiger partial charge in [0.25, 0.3) is 0 Å². The fourth-order valence-corrected chi connectivity index (χ4v) is 2.40. The van der Waals surface area contributed by atoms with E-state index in [1.807, 2.05) is 24.3 Å². The van der Waals surface area contributed by atoms with Gasteiger partial charge in [0.05, 0.1) is 12.1 Å². The first kappa shape index (κ1) is 13.0. The minimum atomic E-state index is -1.20. The number of rotatable bonds is 4. The normalized spacial score (nSPS) is 15.4. The van der Waals surface area contributed by atoms with Gasteiger partial charge in [-0.05, 0) is 25.7 Å². The van der Waals surface area contributed by atoms with E-state index in [1.165, 1.54) is 14.2 Å². The number of benzene rings is 1. The summed E-state index contributed by atoms with van der Waals surface area (Å²) < 4.78 is 10.9. The molecule has 5 nitrogen and oxygen atoms in total. The van der Waals surface area contributed by atoms with Crippen LogP contribution in [-0.2, 0) is 20.7 Å². The van der Waals surface area contributed by atoms with E-state index in [9.17, 15) is 4.79 Å². The molecule has 0 fully saturated rings. The third kappa shape index (κ3) is 1.71. The van der Waals surface area contributed by atoms with Gasteiger partial charge in [0, 0.05) is 14.2 Å². The molecule has 0 spiro atoms. The van der Waals surface area contributed by atoms with Gasteiger partial charge < -0.3 is 9.47 Å². The summed E-state index contributed by atoms with van der Waals surface area (Å²) in [5, 5.41) is 0. The third-order valence-electron chi connectivity index (χ3n) is 3.20. The Hall–Kier alpha value is -1.43. The molecule has 1 aliphatic rings. The Morgan fingerprint density at radius 3 is 2.39 bits per heavy atom. The molecule has 0 aliphatic carbocycles. The molecule has 0 atom stereocenters. The molecule has 2 rings (SSSR count). The Morgan fingerprint density at radius 1 is 1.22 bits per heavy atom. The van der Waals surface area contributed by atoms with Gasteiger partial charge in [-0.3, -0.25) is 4.79 Å². The average Bonchev–Trinajstić information content (AvgIpc) is 2.69. The van der Waals surface area contributed by atoms with Gasteiger partial charge in [-0.25, -0.2) is 9.80 Å². The predicted octanol–water partition coefficient (Wildman–Crippen LogP) is 1.04. The van der Waals surface area contributed by atoms with Crippen LogP contribution in [0.3, 0.4) is 0 Å². The molecule has 1 aromatic carbocycles. The number of hydrogen-bond donors (Lipinski definition) is 0. The molecule has 0 bridgehead atoms. The van der Waals surface area contributed by atoms with E-state index in [4.69, 9.17) is 9.47 Å². The summed E-state index contributed by atoms with van der Waals surface area (Å²) in [6.45, 7) is 0. The minimum Gasteiger partial charge on any atom is -0.323 e. The lowest BCUT2D eigenvalue weighted by molar-refractivity contribution is -0.279. The molecule has 0 aromatic heterocycles. The lowest BCUT2D eigenvalue weighted by atomic mass is 10.2. The molecule has 0 N–H and O–H groups in total. The molecule has 1 heterocycles. The SMILES string of the molecule is COC(OC)(N(C)C)N1C(=O)Cc2ccccc21. The lowest BCUT2D eigenvalue weighted by Gasteiger charge is -2.42. The van der Waals surface area contributed by atoms with Crippen molar-refractivity contribution in [3.05, 3.63) is 29.8 Å². The zero-order valence-electron chi connectivity index (χ0n) is 11.1. The van der Waals surface area contributed by atoms with Crippen molar-refractivity contribution in [3.63, 3.8) is 0 Å². The summed E-state index contributed by atoms with van der Waals surface area (Å²) in [5.41, 5.74) is 1.82. The average molecular weight is 250 g/mol. The maximum absolute atomic E-state index is 12.2. The maximum Gasteiger partial charge on any atom is 0.325 e. The van der Waals surface area contributed by atoms with Crippen LogP contribution >= 0.6 is 0 Å². The summed E-state index contributed by atoms with van der Waals surface area (Å²) in [5.74, 6) is -0.0337. The number of carbonyl (C=O) groups is 1. The molecule has 0 unspecified atom stereocenters. The minimum absolute atomic E-state index is 0.0337. The van der Waals surface area contributed by atoms with Crippen LogP contribution < -0.4 is 4.90 Å². The molecule has 0 radical (unpaired) electrons. The number of para-hydroxylation sites is 1. The number of methoxy groups -OCH3 is 2. The zero-order valence-corrected chi connectivity index (χ0v) is 11.1. The van der Waals surface area contributed by atoms with Crippen molar-refractivity contribution in [3.8, 4) is 0 Å². The molecule has 0 saturated heterocycles. The van der Waals surface area contributed by atoms with Crippen molar-refractivity contribution in [2.24, 2.45) is 0 Å². The number of carbonyl (C=O) groups excluding carboxylic acids is 1. The van der Waals surface area contributed by atoms with Crippen LogP contribution in [0.5, 0.6) is 0 Å². The molecule has 1 amide bonds. The highest BCUT2D eigenvalue weighted by molar-refractivity contribution is 6.02. The Balaban J connectivity index is 2.52. The maximum atomic E-state index is 12.2. The number of ether oxygens (including phenoxy) is 2. The molecule has 1 aliphatic heterocycles. The second-order valence-electron chi connectivity index (χ2n) is 4.39. The largest absolute Gasteiger partial charge is 0.325 e. The van der Waals surface area contributed by atoms with Gasteiger partial charge in [0.2, 0.25) is 5.91 Å². The second-order valence-corrected chi connectivity index (χ2v) is 4.39. The fourth-order valence-electron chi connectivity index (χ4n) is 2.40. The number of nitrogens with zero attached hydrogens (tertiary/aromatic N) is 2. The molecular formula is C13H18N2O3. The first-order chi connectivity index (χ1) is 8.56. The van der Waals surface area contributed by atoms with E-state index >= 15 is 0 Å². The number of amides is 1. The molecule has 5 heteroatoms. The van der Waals surface area contributed by atoms with Gasteiger partial charge >= 0.3 is 6.03 Å². The Kier molecular flexibility index (Phi) is 3.38. The monoisotopic (exact) mass is 250 g/mol. The summed E-state index contributed by atoms with van der Waals surface area (Å²) in [6.07, 6.45) is 0.373. The van der Waals surface area contributed by atoms with Gasteiger partial charge in [0.15, 0.2) is 0 Å². The summed E-state index contributed by atoms with van der Waals surface area (Å²) in [4.78, 5) is 15.5. The summed E-state index contributed by atoms with van der Waals surface area (Å²) >= 11 is 0. The highest BCUT2D eigenvalue weighted by atomic mass is 16.7. The van der Waals surface area contributed by atoms with E-state index in [0.717, 1.165) is 11.3 Å². The predicted molar refractivity (Wildman–Crippen MR) is 68.1 cm³/mol. The Morgan fingerprint density at radius 2 is 1.83 bits per heavy atom. The summed E-state index contributed by atoms with van der Waals surface area (Å²) in [6, 6.07) is 6.46. The fraction of sp³-hybridized carbons (Fsp3) is 0.462. The Labute approximate surface area is 107 Å². The van der Waals surface area contributed by atoms with Crippen LogP contribution in [0.1, 0.15) is 5.56 Å². The highest BCUT2D eigenvalue weighted by Crippen LogP contribution is 2.36. The smallest absolute Gasteiger partial charge is 0.323 e. The van der Waals surface area contributed by atoms with E-state index in [1.54, 1.807) is 23.9 Å². The van der Waals surface area contributed by atoms with Crippen LogP contribution in [-0.4, -0.2) is 45.2 Å². The van der Waals surface area contributed by atoms with Crippen molar-refractivity contribution in [1.82, 2.24) is 4.90 Å². The second kappa shape index (κ2) is 4.68. The quantitative estimate of drug-likeness (QED) is 0.749. The molecule has 98 valence electrons. The van der Waals surface area contributed by atoms with Crippen LogP contribution in [0.2, 0.25) is 0 Å². The van der Waals surface area contributed by atoms with Gasteiger partial charge in [-0.15, -0.1) is 0 Å². The lowest BCUT2D eigenvalue weighted by Crippen LogP contribution is -2.62. The van der Waals surface area contributed by atoms with Gasteiger partial charge in [-0.1, -0.05) is 18.2 Å². The standard InChI is InChI=1S/C13H18N2O3/c1-14(2)13(17-3,18-4)15-11-8-6-5-7-10(11)9-12(15)16/h5-8H,9H2,1-4H3. The Bertz CT molecular complexity index is 455. The van der Waals surface area contributed by atoms with Crippen LogP contribution in [0.15, 0.2) is 24.3 Å². The first-order valence-corrected chi connectivity index (χ1v) is 5.75. The molecular weight excluding hydrogens is 232 g/mol. The van der Waals surface area contributed by atoms with E-state index < -0.39 is 6.03 Å². The van der Waals surface area contributed by atoms with Crippen molar-refractivity contribution < 1.29 is 14.3 Å². The van der Waals surface area contributed by atoms with E-state index in [0.29, 0.717) is 6.42 Å². The van der Waals surface area contributed by atoms with Crippen LogP contribution in [0.25, 0.3) is 0 Å². The zero-order chi connectivity index (χ0) is 13.3. The topological polar surface area (TPSA) is 42.0 Å². The van der Waals surface area contributed by atoms with Gasteiger partial charge in [-0.2, -0.15) is 0 Å². The van der Waals surface area contributed by atoms with Crippen molar-refractivity contribution in [2.45, 2.75) is 12.5 Å². The van der Waals surface area contributed by atoms with Crippen LogP contribution in [0, 0.1) is 0 Å². The van der Waals surface area contributed by atoms with E-state index in [2.05, 4.69) is 0 Å². The van der Waals surface area contributed by atoms with Crippen LogP contribution in [0.4, 0.5) is 5.69 Å². The van der Waals surface area contributed by atoms with Gasteiger partial charge in [0.1, 0.15) is 0 Å². The van der Waals surface area contributed by atoms with E-state index in [-0.39, 0.29) is 5.91 Å². The third-order valence-corrected chi connectivity index (χ3v) is 3.20. The highest BCUT2D eigenvalue weighted by Gasteiger charge is 2.47. The number of anilines is 1. The summed E-state index contributed by atoms with van der Waals surface area (Å²) in [7, 11) is 6.66. The van der Waals surface area contributed by atoms with Crippen molar-refractivity contribution in [2.75, 3.05) is 33.2 Å². The molecule has 18 heavy (non-hydrogen) atoms. The molecule has 1 aromatic rings. The van der Waals surface area contributed by atoms with Crippen molar-refractivity contribution >= 4 is 11.6 Å². The molecule has 0 saturated carbocycles. The van der Waals surface area contributed by atoms with Crippen molar-refractivity contribution in [1.29, 1.82) is 0 Å². The number of fused-ring (bicyclic) bond motifs is 1. The first-order valence-electron chi connectivity index (χ1n) is 5.75.